The summed E-state index contributed by atoms with van der Waals surface area (Å²) in [6.07, 6.45) is -2.50. The molecule has 0 aliphatic heterocycles. The van der Waals surface area contributed by atoms with E-state index in [1.165, 1.54) is 6.07 Å². The van der Waals surface area contributed by atoms with Crippen LogP contribution in [0.3, 0.4) is 0 Å². The molecule has 0 atom stereocenters. The van der Waals surface area contributed by atoms with Crippen LogP contribution in [0, 0.1) is 5.82 Å². The fourth-order valence-electron chi connectivity index (χ4n) is 2.02. The minimum atomic E-state index is -4.65. The van der Waals surface area contributed by atoms with E-state index in [4.69, 9.17) is 0 Å². The minimum absolute atomic E-state index is 0.0739. The fraction of sp³-hybridized carbons (Fsp3) is 0.333. The van der Waals surface area contributed by atoms with E-state index in [1.54, 1.807) is 24.7 Å². The van der Waals surface area contributed by atoms with Gasteiger partial charge in [0.05, 0.1) is 11.1 Å². The van der Waals surface area contributed by atoms with Gasteiger partial charge in [-0.25, -0.2) is 4.39 Å². The van der Waals surface area contributed by atoms with Crippen molar-refractivity contribution in [3.8, 4) is 0 Å². The van der Waals surface area contributed by atoms with Gasteiger partial charge in [-0.15, -0.1) is 0 Å². The maximum Gasteiger partial charge on any atom is 0.419 e. The van der Waals surface area contributed by atoms with Crippen LogP contribution in [0.25, 0.3) is 10.9 Å². The second-order valence-corrected chi connectivity index (χ2v) is 3.94. The lowest BCUT2D eigenvalue weighted by atomic mass is 10.1. The Kier molecular flexibility index (Phi) is 2.64. The summed E-state index contributed by atoms with van der Waals surface area (Å²) in [4.78, 5) is 0. The van der Waals surface area contributed by atoms with Crippen molar-refractivity contribution < 1.29 is 17.6 Å². The number of aryl methyl sites for hydroxylation is 2. The molecule has 0 unspecified atom stereocenters. The number of benzene rings is 1. The molecule has 0 N–H and O–H groups in total. The topological polar surface area (TPSA) is 4.93 Å². The van der Waals surface area contributed by atoms with Crippen LogP contribution in [0.15, 0.2) is 18.3 Å². The van der Waals surface area contributed by atoms with Crippen LogP contribution in [0.4, 0.5) is 17.6 Å². The van der Waals surface area contributed by atoms with E-state index in [-0.39, 0.29) is 5.39 Å². The van der Waals surface area contributed by atoms with Crippen molar-refractivity contribution in [3.63, 3.8) is 0 Å². The Bertz CT molecular complexity index is 566. The summed E-state index contributed by atoms with van der Waals surface area (Å²) in [6.45, 7) is 1.79. The first kappa shape index (κ1) is 12.0. The number of hydrogen-bond donors (Lipinski definition) is 0. The molecule has 0 bridgehead atoms. The van der Waals surface area contributed by atoms with Gasteiger partial charge >= 0.3 is 6.18 Å². The second-order valence-electron chi connectivity index (χ2n) is 3.94. The summed E-state index contributed by atoms with van der Waals surface area (Å²) in [5, 5.41) is 0.0739. The molecular formula is C12H11F4N. The number of halogens is 4. The van der Waals surface area contributed by atoms with E-state index in [2.05, 4.69) is 0 Å². The van der Waals surface area contributed by atoms with E-state index in [0.717, 1.165) is 6.07 Å². The molecule has 2 aromatic rings. The highest BCUT2D eigenvalue weighted by Gasteiger charge is 2.35. The van der Waals surface area contributed by atoms with E-state index in [1.807, 2.05) is 0 Å². The molecular weight excluding hydrogens is 234 g/mol. The highest BCUT2D eigenvalue weighted by atomic mass is 19.4. The van der Waals surface area contributed by atoms with Gasteiger partial charge in [0.15, 0.2) is 0 Å². The van der Waals surface area contributed by atoms with Crippen molar-refractivity contribution in [2.24, 2.45) is 7.05 Å². The third kappa shape index (κ3) is 1.79. The van der Waals surface area contributed by atoms with Gasteiger partial charge in [-0.1, -0.05) is 6.92 Å². The Morgan fingerprint density at radius 3 is 2.41 bits per heavy atom. The van der Waals surface area contributed by atoms with Crippen molar-refractivity contribution >= 4 is 10.9 Å². The zero-order valence-electron chi connectivity index (χ0n) is 9.40. The van der Waals surface area contributed by atoms with Crippen molar-refractivity contribution in [2.45, 2.75) is 19.5 Å². The Balaban J connectivity index is 2.83. The standard InChI is InChI=1S/C12H11F4N/c1-3-7-6-17(2)9-5-4-8(12(14,15)16)11(13)10(7)9/h4-6H,3H2,1-2H3. The molecule has 0 amide bonds. The number of rotatable bonds is 1. The molecule has 1 nitrogen and oxygen atoms in total. The van der Waals surface area contributed by atoms with E-state index < -0.39 is 17.6 Å². The minimum Gasteiger partial charge on any atom is -0.350 e. The van der Waals surface area contributed by atoms with Crippen molar-refractivity contribution in [2.75, 3.05) is 0 Å². The van der Waals surface area contributed by atoms with E-state index in [9.17, 15) is 17.6 Å². The van der Waals surface area contributed by atoms with E-state index in [0.29, 0.717) is 17.5 Å². The lowest BCUT2D eigenvalue weighted by Gasteiger charge is -2.09. The molecule has 0 aliphatic carbocycles. The van der Waals surface area contributed by atoms with Crippen molar-refractivity contribution in [1.29, 1.82) is 0 Å². The normalized spacial score (nSPS) is 12.4. The maximum atomic E-state index is 13.9. The van der Waals surface area contributed by atoms with Gasteiger partial charge in [0, 0.05) is 18.6 Å². The number of aromatic nitrogens is 1. The zero-order chi connectivity index (χ0) is 12.8. The predicted octanol–water partition coefficient (Wildman–Crippen LogP) is 3.90. The van der Waals surface area contributed by atoms with Crippen LogP contribution in [0.5, 0.6) is 0 Å². The first-order valence-corrected chi connectivity index (χ1v) is 5.19. The van der Waals surface area contributed by atoms with Gasteiger partial charge in [0.25, 0.3) is 0 Å². The Labute approximate surface area is 95.7 Å². The van der Waals surface area contributed by atoms with Crippen LogP contribution < -0.4 is 0 Å². The maximum absolute atomic E-state index is 13.9. The summed E-state index contributed by atoms with van der Waals surface area (Å²) in [6, 6.07) is 2.09. The average Bonchev–Trinajstić information content (AvgIpc) is 2.55. The Morgan fingerprint density at radius 1 is 1.24 bits per heavy atom. The number of hydrogen-bond acceptors (Lipinski definition) is 0. The summed E-state index contributed by atoms with van der Waals surface area (Å²) in [5.41, 5.74) is -0.135. The zero-order valence-corrected chi connectivity index (χ0v) is 9.40. The van der Waals surface area contributed by atoms with Crippen LogP contribution in [0.1, 0.15) is 18.1 Å². The SMILES string of the molecule is CCc1cn(C)c2ccc(C(F)(F)F)c(F)c12. The predicted molar refractivity (Wildman–Crippen MR) is 57.3 cm³/mol. The molecule has 0 spiro atoms. The first-order chi connectivity index (χ1) is 7.86. The van der Waals surface area contributed by atoms with Crippen LogP contribution >= 0.6 is 0 Å². The van der Waals surface area contributed by atoms with Gasteiger partial charge in [0.1, 0.15) is 5.82 Å². The van der Waals surface area contributed by atoms with Gasteiger partial charge in [0.2, 0.25) is 0 Å². The molecule has 5 heteroatoms. The largest absolute Gasteiger partial charge is 0.419 e. The molecule has 1 aromatic heterocycles. The van der Waals surface area contributed by atoms with Crippen LogP contribution in [0.2, 0.25) is 0 Å². The monoisotopic (exact) mass is 245 g/mol. The summed E-state index contributed by atoms with van der Waals surface area (Å²) in [7, 11) is 1.69. The highest BCUT2D eigenvalue weighted by molar-refractivity contribution is 5.85. The first-order valence-electron chi connectivity index (χ1n) is 5.19. The molecule has 0 aliphatic rings. The smallest absolute Gasteiger partial charge is 0.350 e. The number of nitrogens with zero attached hydrogens (tertiary/aromatic N) is 1. The lowest BCUT2D eigenvalue weighted by molar-refractivity contribution is -0.139. The Hall–Kier alpha value is -1.52. The molecule has 0 saturated carbocycles. The summed E-state index contributed by atoms with van der Waals surface area (Å²) in [5.74, 6) is -1.17. The van der Waals surface area contributed by atoms with Gasteiger partial charge in [-0.3, -0.25) is 0 Å². The van der Waals surface area contributed by atoms with Crippen LogP contribution in [-0.2, 0) is 19.6 Å². The second kappa shape index (κ2) is 3.75. The number of alkyl halides is 3. The molecule has 2 rings (SSSR count). The average molecular weight is 245 g/mol. The van der Waals surface area contributed by atoms with Crippen molar-refractivity contribution in [1.82, 2.24) is 4.57 Å². The summed E-state index contributed by atoms with van der Waals surface area (Å²) >= 11 is 0. The Morgan fingerprint density at radius 2 is 1.88 bits per heavy atom. The molecule has 1 aromatic carbocycles. The molecule has 92 valence electrons. The molecule has 0 fully saturated rings. The molecule has 1 heterocycles. The molecule has 0 saturated heterocycles. The third-order valence-electron chi connectivity index (χ3n) is 2.86. The van der Waals surface area contributed by atoms with Gasteiger partial charge < -0.3 is 4.57 Å². The van der Waals surface area contributed by atoms with Gasteiger partial charge in [-0.05, 0) is 24.1 Å². The lowest BCUT2D eigenvalue weighted by Crippen LogP contribution is -2.08. The number of fused-ring (bicyclic) bond motifs is 1. The van der Waals surface area contributed by atoms with Gasteiger partial charge in [-0.2, -0.15) is 13.2 Å². The summed E-state index contributed by atoms with van der Waals surface area (Å²) < 4.78 is 53.2. The van der Waals surface area contributed by atoms with Crippen LogP contribution in [-0.4, -0.2) is 4.57 Å². The molecule has 0 radical (unpaired) electrons. The third-order valence-corrected chi connectivity index (χ3v) is 2.86. The quantitative estimate of drug-likeness (QED) is 0.671. The van der Waals surface area contributed by atoms with E-state index >= 15 is 0 Å². The van der Waals surface area contributed by atoms with Crippen molar-refractivity contribution in [3.05, 3.63) is 35.3 Å². The fourth-order valence-corrected chi connectivity index (χ4v) is 2.02. The highest BCUT2D eigenvalue weighted by Crippen LogP contribution is 2.36. The molecule has 17 heavy (non-hydrogen) atoms.